The fraction of sp³-hybridized carbons (Fsp3) is 0.381. The predicted molar refractivity (Wildman–Crippen MR) is 106 cm³/mol. The van der Waals surface area contributed by atoms with Gasteiger partial charge in [-0.05, 0) is 24.6 Å². The second kappa shape index (κ2) is 8.81. The third-order valence-corrected chi connectivity index (χ3v) is 5.55. The van der Waals surface area contributed by atoms with Gasteiger partial charge in [0.05, 0.1) is 24.2 Å². The molecule has 1 heterocycles. The SMILES string of the molecule is C[C@@H]1O[C@@H](C(C(=O)c2c(O)cc(O)cc2O)C(O)c2ccc(O)c(O)c2)[C@H](O)[C@H](O)[C@H]1O. The number of carbonyl (C=O) groups is 1. The molecule has 2 aromatic carbocycles. The monoisotopic (exact) mass is 452 g/mol. The summed E-state index contributed by atoms with van der Waals surface area (Å²) in [5.41, 5.74) is -0.792. The molecule has 1 fully saturated rings. The lowest BCUT2D eigenvalue weighted by Crippen LogP contribution is -2.60. The molecule has 3 rings (SSSR count). The van der Waals surface area contributed by atoms with E-state index < -0.39 is 82.6 Å². The normalized spacial score (nSPS) is 27.6. The van der Waals surface area contributed by atoms with Crippen LogP contribution in [0, 0.1) is 5.92 Å². The fourth-order valence-electron chi connectivity index (χ4n) is 3.80. The van der Waals surface area contributed by atoms with E-state index in [9.17, 15) is 50.8 Å². The standard InChI is InChI=1S/C21H24O11/c1-7-16(27)19(30)20(31)21(32-7)15(17(28)8-2-3-10(23)11(24)4-8)18(29)14-12(25)5-9(22)6-13(14)26/h2-7,15-17,19-28,30-31H,1H3/t7-,15?,16-,17?,19+,20+,21-/m0/s1. The van der Waals surface area contributed by atoms with Crippen LogP contribution in [0.25, 0.3) is 0 Å². The average Bonchev–Trinajstić information content (AvgIpc) is 2.71. The van der Waals surface area contributed by atoms with Gasteiger partial charge in [-0.2, -0.15) is 0 Å². The number of hydrogen-bond donors (Lipinski definition) is 9. The molecule has 0 aliphatic carbocycles. The van der Waals surface area contributed by atoms with Crippen molar-refractivity contribution in [2.24, 2.45) is 5.92 Å². The summed E-state index contributed by atoms with van der Waals surface area (Å²) in [6, 6.07) is 4.75. The van der Waals surface area contributed by atoms with Gasteiger partial charge in [-0.15, -0.1) is 0 Å². The zero-order chi connectivity index (χ0) is 23.9. The Balaban J connectivity index is 2.13. The number of ether oxygens (including phenoxy) is 1. The highest BCUT2D eigenvalue weighted by molar-refractivity contribution is 6.03. The van der Waals surface area contributed by atoms with E-state index in [1.165, 1.54) is 13.0 Å². The first-order chi connectivity index (χ1) is 14.9. The van der Waals surface area contributed by atoms with E-state index in [-0.39, 0.29) is 5.56 Å². The third-order valence-electron chi connectivity index (χ3n) is 5.55. The summed E-state index contributed by atoms with van der Waals surface area (Å²) < 4.78 is 5.52. The summed E-state index contributed by atoms with van der Waals surface area (Å²) in [5.74, 6) is -6.21. The Labute approximate surface area is 181 Å². The largest absolute Gasteiger partial charge is 0.508 e. The zero-order valence-electron chi connectivity index (χ0n) is 16.8. The van der Waals surface area contributed by atoms with Crippen LogP contribution in [0.5, 0.6) is 28.7 Å². The molecule has 7 atom stereocenters. The fourth-order valence-corrected chi connectivity index (χ4v) is 3.80. The first kappa shape index (κ1) is 23.6. The first-order valence-corrected chi connectivity index (χ1v) is 9.62. The van der Waals surface area contributed by atoms with Gasteiger partial charge in [0.2, 0.25) is 0 Å². The highest BCUT2D eigenvalue weighted by Gasteiger charge is 2.50. The molecule has 2 unspecified atom stereocenters. The predicted octanol–water partition coefficient (Wildman–Crippen LogP) is -0.383. The maximum absolute atomic E-state index is 13.4. The molecule has 1 saturated heterocycles. The molecule has 0 saturated carbocycles. The van der Waals surface area contributed by atoms with Crippen molar-refractivity contribution in [1.29, 1.82) is 0 Å². The summed E-state index contributed by atoms with van der Waals surface area (Å²) in [5, 5.41) is 90.8. The van der Waals surface area contributed by atoms with E-state index in [0.717, 1.165) is 24.3 Å². The Morgan fingerprint density at radius 3 is 2.00 bits per heavy atom. The number of ketones is 1. The van der Waals surface area contributed by atoms with Gasteiger partial charge in [-0.1, -0.05) is 6.07 Å². The molecule has 11 heteroatoms. The van der Waals surface area contributed by atoms with Crippen LogP contribution in [-0.2, 0) is 4.74 Å². The highest BCUT2D eigenvalue weighted by Crippen LogP contribution is 2.41. The number of benzene rings is 2. The van der Waals surface area contributed by atoms with Crippen LogP contribution in [0.3, 0.4) is 0 Å². The van der Waals surface area contributed by atoms with E-state index in [2.05, 4.69) is 0 Å². The topological polar surface area (TPSA) is 208 Å². The Morgan fingerprint density at radius 2 is 1.44 bits per heavy atom. The lowest BCUT2D eigenvalue weighted by atomic mass is 9.78. The molecule has 11 nitrogen and oxygen atoms in total. The average molecular weight is 452 g/mol. The maximum atomic E-state index is 13.4. The summed E-state index contributed by atoms with van der Waals surface area (Å²) in [7, 11) is 0. The number of Topliss-reactive ketones (excluding diaryl/α,β-unsaturated/α-hetero) is 1. The number of phenolic OH excluding ortho intramolecular Hbond substituents is 5. The molecule has 32 heavy (non-hydrogen) atoms. The molecule has 0 amide bonds. The minimum absolute atomic E-state index is 0.0968. The van der Waals surface area contributed by atoms with Crippen molar-refractivity contribution in [3.63, 3.8) is 0 Å². The zero-order valence-corrected chi connectivity index (χ0v) is 16.8. The lowest BCUT2D eigenvalue weighted by Gasteiger charge is -2.43. The van der Waals surface area contributed by atoms with Gasteiger partial charge in [0, 0.05) is 12.1 Å². The number of aromatic hydroxyl groups is 5. The summed E-state index contributed by atoms with van der Waals surface area (Å²) in [6.07, 6.45) is -9.65. The van der Waals surface area contributed by atoms with Gasteiger partial charge in [0.15, 0.2) is 17.3 Å². The van der Waals surface area contributed by atoms with Gasteiger partial charge in [-0.25, -0.2) is 0 Å². The minimum atomic E-state index is -1.86. The number of hydrogen-bond acceptors (Lipinski definition) is 11. The summed E-state index contributed by atoms with van der Waals surface area (Å²) >= 11 is 0. The van der Waals surface area contributed by atoms with Gasteiger partial charge in [-0.3, -0.25) is 4.79 Å². The molecule has 0 spiro atoms. The van der Waals surface area contributed by atoms with Gasteiger partial charge >= 0.3 is 0 Å². The molecule has 0 bridgehead atoms. The van der Waals surface area contributed by atoms with Crippen LogP contribution in [0.4, 0.5) is 0 Å². The van der Waals surface area contributed by atoms with Gasteiger partial charge < -0.3 is 50.7 Å². The minimum Gasteiger partial charge on any atom is -0.508 e. The van der Waals surface area contributed by atoms with Crippen LogP contribution in [0.1, 0.15) is 28.9 Å². The van der Waals surface area contributed by atoms with Crippen molar-refractivity contribution in [3.8, 4) is 28.7 Å². The van der Waals surface area contributed by atoms with Crippen molar-refractivity contribution < 1.29 is 55.5 Å². The van der Waals surface area contributed by atoms with Crippen molar-refractivity contribution in [3.05, 3.63) is 41.5 Å². The molecule has 0 radical (unpaired) electrons. The van der Waals surface area contributed by atoms with Crippen LogP contribution in [0.2, 0.25) is 0 Å². The van der Waals surface area contributed by atoms with Crippen molar-refractivity contribution in [2.75, 3.05) is 0 Å². The Morgan fingerprint density at radius 1 is 0.844 bits per heavy atom. The smallest absolute Gasteiger partial charge is 0.179 e. The van der Waals surface area contributed by atoms with Crippen LogP contribution in [-0.4, -0.2) is 82.3 Å². The van der Waals surface area contributed by atoms with Crippen molar-refractivity contribution in [1.82, 2.24) is 0 Å². The molecule has 0 aromatic heterocycles. The molecular formula is C21H24O11. The number of aliphatic hydroxyl groups excluding tert-OH is 4. The Bertz CT molecular complexity index is 984. The third kappa shape index (κ3) is 4.16. The van der Waals surface area contributed by atoms with E-state index in [1.54, 1.807) is 0 Å². The van der Waals surface area contributed by atoms with Crippen molar-refractivity contribution in [2.45, 2.75) is 43.5 Å². The second-order valence-electron chi connectivity index (χ2n) is 7.72. The number of carbonyl (C=O) groups excluding carboxylic acids is 1. The van der Waals surface area contributed by atoms with E-state index >= 15 is 0 Å². The molecular weight excluding hydrogens is 428 g/mol. The molecule has 1 aliphatic heterocycles. The first-order valence-electron chi connectivity index (χ1n) is 9.62. The summed E-state index contributed by atoms with van der Waals surface area (Å²) in [4.78, 5) is 13.4. The van der Waals surface area contributed by atoms with Gasteiger partial charge in [0.1, 0.15) is 41.1 Å². The molecule has 2 aromatic rings. The van der Waals surface area contributed by atoms with Gasteiger partial charge in [0.25, 0.3) is 0 Å². The van der Waals surface area contributed by atoms with Crippen LogP contribution < -0.4 is 0 Å². The molecule has 1 aliphatic rings. The molecule has 9 N–H and O–H groups in total. The Kier molecular flexibility index (Phi) is 6.49. The number of aliphatic hydroxyl groups is 4. The van der Waals surface area contributed by atoms with Crippen molar-refractivity contribution >= 4 is 5.78 Å². The second-order valence-corrected chi connectivity index (χ2v) is 7.72. The lowest BCUT2D eigenvalue weighted by molar-refractivity contribution is -0.231. The number of rotatable bonds is 5. The van der Waals surface area contributed by atoms with E-state index in [1.807, 2.05) is 0 Å². The van der Waals surface area contributed by atoms with Crippen LogP contribution >= 0.6 is 0 Å². The summed E-state index contributed by atoms with van der Waals surface area (Å²) in [6.45, 7) is 1.36. The van der Waals surface area contributed by atoms with E-state index in [4.69, 9.17) is 4.74 Å². The quantitative estimate of drug-likeness (QED) is 0.211. The van der Waals surface area contributed by atoms with E-state index in [0.29, 0.717) is 0 Å². The van der Waals surface area contributed by atoms with Crippen LogP contribution in [0.15, 0.2) is 30.3 Å². The maximum Gasteiger partial charge on any atom is 0.179 e. The molecule has 174 valence electrons. The number of phenols is 5. The highest BCUT2D eigenvalue weighted by atomic mass is 16.5. The Hall–Kier alpha value is -3.09.